The monoisotopic (exact) mass is 408 g/mol. The van der Waals surface area contributed by atoms with E-state index >= 15 is 0 Å². The molecule has 0 aliphatic heterocycles. The number of nitrogens with one attached hydrogen (secondary N) is 1. The van der Waals surface area contributed by atoms with Gasteiger partial charge in [-0.3, -0.25) is 0 Å². The maximum absolute atomic E-state index is 11.2. The molecule has 0 atom stereocenters. The smallest absolute Gasteiger partial charge is 0.335 e. The average molecular weight is 409 g/mol. The maximum atomic E-state index is 11.2. The minimum absolute atomic E-state index is 0.205. The summed E-state index contributed by atoms with van der Waals surface area (Å²) in [6.07, 6.45) is 0. The molecular formula is C22H17ClN2O4. The minimum atomic E-state index is -0.980. The Hall–Kier alpha value is -3.51. The number of aromatic amines is 1. The fraction of sp³-hybridized carbons (Fsp3) is 0.0909. The van der Waals surface area contributed by atoms with Gasteiger partial charge in [-0.15, -0.1) is 0 Å². The van der Waals surface area contributed by atoms with Gasteiger partial charge in [0.15, 0.2) is 11.5 Å². The predicted molar refractivity (Wildman–Crippen MR) is 111 cm³/mol. The third-order valence-electron chi connectivity index (χ3n) is 4.47. The summed E-state index contributed by atoms with van der Waals surface area (Å²) in [7, 11) is 1.58. The standard InChI is InChI=1S/C22H17ClN2O4/c1-28-20-11-14(5-9-19(20)29-12-13-2-6-16(23)7-3-13)21-24-17-8-4-15(22(26)27)10-18(17)25-21/h2-11H,12H2,1H3,(H,24,25)(H,26,27). The molecule has 1 aromatic heterocycles. The van der Waals surface area contributed by atoms with E-state index in [9.17, 15) is 4.79 Å². The van der Waals surface area contributed by atoms with Crippen LogP contribution in [0.25, 0.3) is 22.4 Å². The molecule has 4 aromatic rings. The van der Waals surface area contributed by atoms with Crippen molar-refractivity contribution in [2.75, 3.05) is 7.11 Å². The number of benzene rings is 3. The van der Waals surface area contributed by atoms with Crippen molar-refractivity contribution in [3.63, 3.8) is 0 Å². The molecule has 0 fully saturated rings. The van der Waals surface area contributed by atoms with Gasteiger partial charge < -0.3 is 19.6 Å². The van der Waals surface area contributed by atoms with Gasteiger partial charge in [0.1, 0.15) is 12.4 Å². The van der Waals surface area contributed by atoms with Crippen LogP contribution >= 0.6 is 11.6 Å². The van der Waals surface area contributed by atoms with Crippen LogP contribution in [-0.4, -0.2) is 28.2 Å². The third-order valence-corrected chi connectivity index (χ3v) is 4.73. The van der Waals surface area contributed by atoms with E-state index in [-0.39, 0.29) is 5.56 Å². The molecule has 2 N–H and O–H groups in total. The highest BCUT2D eigenvalue weighted by molar-refractivity contribution is 6.30. The van der Waals surface area contributed by atoms with Crippen LogP contribution in [0.2, 0.25) is 5.02 Å². The van der Waals surface area contributed by atoms with E-state index in [0.717, 1.165) is 11.1 Å². The molecule has 3 aromatic carbocycles. The number of rotatable bonds is 6. The molecular weight excluding hydrogens is 392 g/mol. The summed E-state index contributed by atoms with van der Waals surface area (Å²) in [5, 5.41) is 9.82. The van der Waals surface area contributed by atoms with Crippen molar-refractivity contribution < 1.29 is 19.4 Å². The fourth-order valence-corrected chi connectivity index (χ4v) is 3.08. The second-order valence-electron chi connectivity index (χ2n) is 6.40. The van der Waals surface area contributed by atoms with Crippen molar-refractivity contribution in [1.29, 1.82) is 0 Å². The average Bonchev–Trinajstić information content (AvgIpc) is 3.16. The molecule has 0 unspecified atom stereocenters. The summed E-state index contributed by atoms with van der Waals surface area (Å²) in [5.41, 5.74) is 3.34. The number of fused-ring (bicyclic) bond motifs is 1. The summed E-state index contributed by atoms with van der Waals surface area (Å²) in [4.78, 5) is 18.8. The number of halogens is 1. The highest BCUT2D eigenvalue weighted by Gasteiger charge is 2.12. The SMILES string of the molecule is COc1cc(-c2nc3ccc(C(=O)O)cc3[nH]2)ccc1OCc1ccc(Cl)cc1. The highest BCUT2D eigenvalue weighted by Crippen LogP contribution is 2.33. The molecule has 7 heteroatoms. The van der Waals surface area contributed by atoms with Gasteiger partial charge in [-0.05, 0) is 54.1 Å². The Morgan fingerprint density at radius 2 is 1.86 bits per heavy atom. The maximum Gasteiger partial charge on any atom is 0.335 e. The number of methoxy groups -OCH3 is 1. The highest BCUT2D eigenvalue weighted by atomic mass is 35.5. The van der Waals surface area contributed by atoms with E-state index < -0.39 is 5.97 Å². The van der Waals surface area contributed by atoms with Crippen LogP contribution in [0.4, 0.5) is 0 Å². The van der Waals surface area contributed by atoms with Gasteiger partial charge in [-0.2, -0.15) is 0 Å². The van der Waals surface area contributed by atoms with Crippen molar-refractivity contribution in [3.05, 3.63) is 76.8 Å². The Morgan fingerprint density at radius 3 is 2.59 bits per heavy atom. The molecule has 6 nitrogen and oxygen atoms in total. The van der Waals surface area contributed by atoms with Gasteiger partial charge in [-0.25, -0.2) is 9.78 Å². The molecule has 0 aliphatic rings. The number of carboxylic acids is 1. The summed E-state index contributed by atoms with van der Waals surface area (Å²) in [5.74, 6) is 0.815. The lowest BCUT2D eigenvalue weighted by molar-refractivity contribution is 0.0697. The molecule has 146 valence electrons. The lowest BCUT2D eigenvalue weighted by Gasteiger charge is -2.12. The number of aromatic carboxylic acids is 1. The number of nitrogens with zero attached hydrogens (tertiary/aromatic N) is 1. The molecule has 0 bridgehead atoms. The summed E-state index contributed by atoms with van der Waals surface area (Å²) < 4.78 is 11.4. The zero-order valence-electron chi connectivity index (χ0n) is 15.5. The zero-order chi connectivity index (χ0) is 20.4. The Labute approximate surface area is 171 Å². The number of imidazole rings is 1. The number of H-pyrrole nitrogens is 1. The number of hydrogen-bond acceptors (Lipinski definition) is 4. The fourth-order valence-electron chi connectivity index (χ4n) is 2.96. The minimum Gasteiger partial charge on any atom is -0.493 e. The molecule has 29 heavy (non-hydrogen) atoms. The normalized spacial score (nSPS) is 10.8. The molecule has 1 heterocycles. The number of carboxylic acid groups (broad SMARTS) is 1. The first-order valence-corrected chi connectivity index (χ1v) is 9.20. The quantitative estimate of drug-likeness (QED) is 0.459. The van der Waals surface area contributed by atoms with Gasteiger partial charge in [0.2, 0.25) is 0 Å². The van der Waals surface area contributed by atoms with Crippen LogP contribution in [0.15, 0.2) is 60.7 Å². The first kappa shape index (κ1) is 18.8. The van der Waals surface area contributed by atoms with Crippen molar-refractivity contribution in [1.82, 2.24) is 9.97 Å². The Morgan fingerprint density at radius 1 is 1.07 bits per heavy atom. The lowest BCUT2D eigenvalue weighted by Crippen LogP contribution is -1.98. The van der Waals surface area contributed by atoms with Crippen molar-refractivity contribution in [3.8, 4) is 22.9 Å². The molecule has 0 saturated carbocycles. The van der Waals surface area contributed by atoms with Crippen LogP contribution in [0.3, 0.4) is 0 Å². The number of carbonyl (C=O) groups is 1. The van der Waals surface area contributed by atoms with E-state index in [1.54, 1.807) is 19.2 Å². The van der Waals surface area contributed by atoms with Crippen LogP contribution in [0.1, 0.15) is 15.9 Å². The summed E-state index contributed by atoms with van der Waals surface area (Å²) in [6, 6.07) is 17.7. The summed E-state index contributed by atoms with van der Waals surface area (Å²) in [6.45, 7) is 0.384. The van der Waals surface area contributed by atoms with Crippen LogP contribution in [0, 0.1) is 0 Å². The Kier molecular flexibility index (Phi) is 5.10. The number of hydrogen-bond donors (Lipinski definition) is 2. The first-order valence-electron chi connectivity index (χ1n) is 8.82. The Balaban J connectivity index is 1.59. The molecule has 0 spiro atoms. The van der Waals surface area contributed by atoms with E-state index in [1.807, 2.05) is 42.5 Å². The number of aromatic nitrogens is 2. The zero-order valence-corrected chi connectivity index (χ0v) is 16.2. The van der Waals surface area contributed by atoms with Crippen molar-refractivity contribution in [2.24, 2.45) is 0 Å². The van der Waals surface area contributed by atoms with Gasteiger partial charge in [0.25, 0.3) is 0 Å². The lowest BCUT2D eigenvalue weighted by atomic mass is 10.2. The molecule has 0 saturated heterocycles. The van der Waals surface area contributed by atoms with Crippen LogP contribution in [-0.2, 0) is 6.61 Å². The van der Waals surface area contributed by atoms with E-state index in [2.05, 4.69) is 9.97 Å². The molecule has 0 aliphatic carbocycles. The van der Waals surface area contributed by atoms with E-state index in [1.165, 1.54) is 6.07 Å². The van der Waals surface area contributed by atoms with Gasteiger partial charge in [-0.1, -0.05) is 23.7 Å². The predicted octanol–water partition coefficient (Wildman–Crippen LogP) is 5.17. The largest absolute Gasteiger partial charge is 0.493 e. The molecule has 4 rings (SSSR count). The second kappa shape index (κ2) is 7.85. The van der Waals surface area contributed by atoms with Crippen molar-refractivity contribution in [2.45, 2.75) is 6.61 Å². The van der Waals surface area contributed by atoms with Crippen LogP contribution < -0.4 is 9.47 Å². The van der Waals surface area contributed by atoms with Crippen LogP contribution in [0.5, 0.6) is 11.5 Å². The third kappa shape index (κ3) is 4.02. The van der Waals surface area contributed by atoms with Crippen molar-refractivity contribution >= 4 is 28.6 Å². The second-order valence-corrected chi connectivity index (χ2v) is 6.84. The van der Waals surface area contributed by atoms with E-state index in [4.69, 9.17) is 26.2 Å². The van der Waals surface area contributed by atoms with Gasteiger partial charge in [0.05, 0.1) is 23.7 Å². The van der Waals surface area contributed by atoms with E-state index in [0.29, 0.717) is 40.0 Å². The first-order chi connectivity index (χ1) is 14.0. The molecule has 0 amide bonds. The Bertz CT molecular complexity index is 1190. The number of ether oxygens (including phenoxy) is 2. The van der Waals surface area contributed by atoms with Gasteiger partial charge >= 0.3 is 5.97 Å². The molecule has 0 radical (unpaired) electrons. The van der Waals surface area contributed by atoms with Gasteiger partial charge in [0, 0.05) is 10.6 Å². The summed E-state index contributed by atoms with van der Waals surface area (Å²) >= 11 is 5.91. The topological polar surface area (TPSA) is 84.4 Å².